The van der Waals surface area contributed by atoms with Crippen LogP contribution in [0.15, 0.2) is 18.2 Å². The van der Waals surface area contributed by atoms with E-state index < -0.39 is 0 Å². The maximum atomic E-state index is 12.7. The fraction of sp³-hybridized carbons (Fsp3) is 0.611. The van der Waals surface area contributed by atoms with Crippen molar-refractivity contribution in [3.8, 4) is 0 Å². The summed E-state index contributed by atoms with van der Waals surface area (Å²) in [6, 6.07) is 5.53. The number of carbonyl (C=O) groups excluding carboxylic acids is 1. The summed E-state index contributed by atoms with van der Waals surface area (Å²) in [7, 11) is 0. The molecule has 0 aromatic heterocycles. The predicted octanol–water partition coefficient (Wildman–Crippen LogP) is 6.03. The summed E-state index contributed by atoms with van der Waals surface area (Å²) < 4.78 is 0. The fourth-order valence-electron chi connectivity index (χ4n) is 3.22. The lowest BCUT2D eigenvalue weighted by Crippen LogP contribution is -2.32. The molecular weight excluding hydrogens is 349 g/mol. The number of amides is 1. The summed E-state index contributed by atoms with van der Waals surface area (Å²) in [4.78, 5) is 14.7. The van der Waals surface area contributed by atoms with Gasteiger partial charge in [-0.2, -0.15) is 0 Å². The van der Waals surface area contributed by atoms with Crippen LogP contribution in [0.25, 0.3) is 0 Å². The Kier molecular flexibility index (Phi) is 6.32. The molecule has 1 aromatic carbocycles. The standard InChI is InChI=1S/C18H25Cl2NOS/c1-12(11-18(2,3)4)9-16(22)21-7-8-23-17(21)14-6-5-13(19)10-15(14)20/h5-6,10,12,17H,7-9,11H2,1-4H3. The maximum absolute atomic E-state index is 12.7. The van der Waals surface area contributed by atoms with Crippen LogP contribution < -0.4 is 0 Å². The van der Waals surface area contributed by atoms with Gasteiger partial charge in [0.2, 0.25) is 5.91 Å². The van der Waals surface area contributed by atoms with Gasteiger partial charge in [0.15, 0.2) is 0 Å². The number of benzene rings is 1. The van der Waals surface area contributed by atoms with Crippen LogP contribution in [0.5, 0.6) is 0 Å². The summed E-state index contributed by atoms with van der Waals surface area (Å²) in [6.07, 6.45) is 1.64. The van der Waals surface area contributed by atoms with Crippen molar-refractivity contribution in [2.75, 3.05) is 12.3 Å². The Bertz CT molecular complexity index is 571. The number of nitrogens with zero attached hydrogens (tertiary/aromatic N) is 1. The molecule has 2 nitrogen and oxygen atoms in total. The smallest absolute Gasteiger partial charge is 0.224 e. The maximum Gasteiger partial charge on any atom is 0.224 e. The number of rotatable bonds is 4. The normalized spacial score (nSPS) is 19.9. The zero-order chi connectivity index (χ0) is 17.2. The van der Waals surface area contributed by atoms with Crippen molar-refractivity contribution in [3.05, 3.63) is 33.8 Å². The first kappa shape index (κ1) is 19.0. The highest BCUT2D eigenvalue weighted by Crippen LogP contribution is 2.42. The van der Waals surface area contributed by atoms with Gasteiger partial charge in [0.25, 0.3) is 0 Å². The van der Waals surface area contributed by atoms with E-state index in [1.807, 2.05) is 17.0 Å². The average molecular weight is 374 g/mol. The fourth-order valence-corrected chi connectivity index (χ4v) is 5.11. The summed E-state index contributed by atoms with van der Waals surface area (Å²) in [6.45, 7) is 9.61. The highest BCUT2D eigenvalue weighted by Gasteiger charge is 2.32. The largest absolute Gasteiger partial charge is 0.326 e. The van der Waals surface area contributed by atoms with Gasteiger partial charge in [0.05, 0.1) is 0 Å². The summed E-state index contributed by atoms with van der Waals surface area (Å²) in [5, 5.41) is 1.27. The minimum Gasteiger partial charge on any atom is -0.326 e. The monoisotopic (exact) mass is 373 g/mol. The third kappa shape index (κ3) is 5.30. The van der Waals surface area contributed by atoms with Gasteiger partial charge in [-0.05, 0) is 29.9 Å². The molecule has 5 heteroatoms. The minimum absolute atomic E-state index is 0.00843. The van der Waals surface area contributed by atoms with Gasteiger partial charge in [-0.25, -0.2) is 0 Å². The van der Waals surface area contributed by atoms with Gasteiger partial charge < -0.3 is 4.90 Å². The highest BCUT2D eigenvalue weighted by molar-refractivity contribution is 7.99. The second kappa shape index (κ2) is 7.67. The third-order valence-corrected chi connectivity index (χ3v) is 5.73. The predicted molar refractivity (Wildman–Crippen MR) is 101 cm³/mol. The molecule has 128 valence electrons. The minimum atomic E-state index is 0.00843. The van der Waals surface area contributed by atoms with Gasteiger partial charge in [0.1, 0.15) is 5.37 Å². The average Bonchev–Trinajstić information content (AvgIpc) is 2.85. The molecule has 1 heterocycles. The van der Waals surface area contributed by atoms with Crippen LogP contribution in [0.3, 0.4) is 0 Å². The molecule has 1 aliphatic heterocycles. The summed E-state index contributed by atoms with van der Waals surface area (Å²) >= 11 is 14.1. The van der Waals surface area contributed by atoms with Crippen molar-refractivity contribution < 1.29 is 4.79 Å². The molecule has 1 aromatic rings. The Hall–Kier alpha value is -0.380. The van der Waals surface area contributed by atoms with Gasteiger partial charge in [-0.15, -0.1) is 11.8 Å². The molecule has 0 aliphatic carbocycles. The number of carbonyl (C=O) groups is 1. The molecular formula is C18H25Cl2NOS. The SMILES string of the molecule is CC(CC(=O)N1CCSC1c1ccc(Cl)cc1Cl)CC(C)(C)C. The highest BCUT2D eigenvalue weighted by atomic mass is 35.5. The Morgan fingerprint density at radius 3 is 2.70 bits per heavy atom. The van der Waals surface area contributed by atoms with Gasteiger partial charge in [0, 0.05) is 34.3 Å². The Morgan fingerprint density at radius 2 is 2.09 bits per heavy atom. The summed E-state index contributed by atoms with van der Waals surface area (Å²) in [5.74, 6) is 1.56. The summed E-state index contributed by atoms with van der Waals surface area (Å²) in [5.41, 5.74) is 1.23. The molecule has 1 saturated heterocycles. The van der Waals surface area contributed by atoms with E-state index in [0.717, 1.165) is 24.3 Å². The van der Waals surface area contributed by atoms with E-state index in [4.69, 9.17) is 23.2 Å². The topological polar surface area (TPSA) is 20.3 Å². The molecule has 2 atom stereocenters. The van der Waals surface area contributed by atoms with E-state index in [9.17, 15) is 4.79 Å². The van der Waals surface area contributed by atoms with Gasteiger partial charge in [-0.3, -0.25) is 4.79 Å². The Labute approximate surface area is 153 Å². The Morgan fingerprint density at radius 1 is 1.39 bits per heavy atom. The molecule has 2 rings (SSSR count). The number of hydrogen-bond donors (Lipinski definition) is 0. The van der Waals surface area contributed by atoms with Crippen molar-refractivity contribution in [3.63, 3.8) is 0 Å². The third-order valence-electron chi connectivity index (χ3n) is 3.92. The van der Waals surface area contributed by atoms with Crippen molar-refractivity contribution >= 4 is 40.9 Å². The van der Waals surface area contributed by atoms with Gasteiger partial charge >= 0.3 is 0 Å². The molecule has 23 heavy (non-hydrogen) atoms. The van der Waals surface area contributed by atoms with E-state index in [0.29, 0.717) is 22.4 Å². The Balaban J connectivity index is 2.07. The van der Waals surface area contributed by atoms with Gasteiger partial charge in [-0.1, -0.05) is 57.0 Å². The molecule has 2 unspecified atom stereocenters. The molecule has 1 amide bonds. The lowest BCUT2D eigenvalue weighted by atomic mass is 9.84. The van der Waals surface area contributed by atoms with E-state index in [1.165, 1.54) is 0 Å². The van der Waals surface area contributed by atoms with Crippen LogP contribution >= 0.6 is 35.0 Å². The zero-order valence-electron chi connectivity index (χ0n) is 14.2. The lowest BCUT2D eigenvalue weighted by molar-refractivity contribution is -0.132. The molecule has 0 N–H and O–H groups in total. The molecule has 1 fully saturated rings. The second-order valence-electron chi connectivity index (χ2n) is 7.55. The molecule has 0 bridgehead atoms. The number of hydrogen-bond acceptors (Lipinski definition) is 2. The van der Waals surface area contributed by atoms with Crippen LogP contribution in [0, 0.1) is 11.3 Å². The molecule has 0 saturated carbocycles. The van der Waals surface area contributed by atoms with E-state index in [2.05, 4.69) is 27.7 Å². The van der Waals surface area contributed by atoms with Crippen LogP contribution in [0.4, 0.5) is 0 Å². The van der Waals surface area contributed by atoms with Crippen molar-refractivity contribution in [2.45, 2.75) is 45.9 Å². The van der Waals surface area contributed by atoms with Crippen molar-refractivity contribution in [2.24, 2.45) is 11.3 Å². The quantitative estimate of drug-likeness (QED) is 0.641. The molecule has 0 radical (unpaired) electrons. The van der Waals surface area contributed by atoms with Crippen LogP contribution in [0.2, 0.25) is 10.0 Å². The first-order valence-electron chi connectivity index (χ1n) is 8.03. The number of thioether (sulfide) groups is 1. The second-order valence-corrected chi connectivity index (χ2v) is 9.58. The lowest BCUT2D eigenvalue weighted by Gasteiger charge is -2.28. The first-order valence-corrected chi connectivity index (χ1v) is 9.84. The molecule has 0 spiro atoms. The van der Waals surface area contributed by atoms with Crippen molar-refractivity contribution in [1.82, 2.24) is 4.90 Å². The van der Waals surface area contributed by atoms with Crippen molar-refractivity contribution in [1.29, 1.82) is 0 Å². The van der Waals surface area contributed by atoms with E-state index in [-0.39, 0.29) is 16.7 Å². The van der Waals surface area contributed by atoms with Crippen LogP contribution in [-0.4, -0.2) is 23.1 Å². The number of halogens is 2. The first-order chi connectivity index (χ1) is 10.7. The van der Waals surface area contributed by atoms with Crippen LogP contribution in [-0.2, 0) is 4.79 Å². The van der Waals surface area contributed by atoms with E-state index >= 15 is 0 Å². The van der Waals surface area contributed by atoms with E-state index in [1.54, 1.807) is 17.8 Å². The van der Waals surface area contributed by atoms with Crippen LogP contribution in [0.1, 0.15) is 51.5 Å². The zero-order valence-corrected chi connectivity index (χ0v) is 16.6. The molecule has 1 aliphatic rings.